The summed E-state index contributed by atoms with van der Waals surface area (Å²) in [6.45, 7) is 5.11. The lowest BCUT2D eigenvalue weighted by Gasteiger charge is -2.15. The van der Waals surface area contributed by atoms with Crippen molar-refractivity contribution in [2.24, 2.45) is 0 Å². The zero-order valence-electron chi connectivity index (χ0n) is 11.1. The number of benzene rings is 1. The van der Waals surface area contributed by atoms with Crippen molar-refractivity contribution in [1.82, 2.24) is 15.1 Å². The highest BCUT2D eigenvalue weighted by Gasteiger charge is 2.24. The second kappa shape index (κ2) is 5.13. The molecule has 0 aliphatic carbocycles. The van der Waals surface area contributed by atoms with Crippen LogP contribution in [-0.2, 0) is 6.54 Å². The van der Waals surface area contributed by atoms with Crippen LogP contribution in [0, 0.1) is 12.7 Å². The van der Waals surface area contributed by atoms with Crippen molar-refractivity contribution in [2.45, 2.75) is 25.8 Å². The number of aromatic nitrogens is 2. The Kier molecular flexibility index (Phi) is 3.34. The molecule has 1 unspecified atom stereocenters. The Labute approximate surface area is 112 Å². The molecular weight excluding hydrogens is 241 g/mol. The summed E-state index contributed by atoms with van der Waals surface area (Å²) in [6.07, 6.45) is 3.00. The SMILES string of the molecule is Cc1cn[nH]c1CN1CCC(c2ccc(F)cc2)C1. The summed E-state index contributed by atoms with van der Waals surface area (Å²) in [5.74, 6) is 0.357. The van der Waals surface area contributed by atoms with Gasteiger partial charge in [-0.25, -0.2) is 4.39 Å². The quantitative estimate of drug-likeness (QED) is 0.919. The average Bonchev–Trinajstić information content (AvgIpc) is 3.01. The normalized spacial score (nSPS) is 20.0. The van der Waals surface area contributed by atoms with E-state index in [2.05, 4.69) is 22.0 Å². The fraction of sp³-hybridized carbons (Fsp3) is 0.400. The van der Waals surface area contributed by atoms with Crippen LogP contribution >= 0.6 is 0 Å². The monoisotopic (exact) mass is 259 g/mol. The summed E-state index contributed by atoms with van der Waals surface area (Å²) < 4.78 is 12.9. The highest BCUT2D eigenvalue weighted by molar-refractivity contribution is 5.22. The van der Waals surface area contributed by atoms with Gasteiger partial charge >= 0.3 is 0 Å². The Hall–Kier alpha value is -1.68. The topological polar surface area (TPSA) is 31.9 Å². The summed E-state index contributed by atoms with van der Waals surface area (Å²) in [5.41, 5.74) is 3.65. The number of hydrogen-bond acceptors (Lipinski definition) is 2. The maximum absolute atomic E-state index is 12.9. The third-order valence-corrected chi connectivity index (χ3v) is 3.93. The molecule has 0 spiro atoms. The van der Waals surface area contributed by atoms with E-state index in [-0.39, 0.29) is 5.82 Å². The summed E-state index contributed by atoms with van der Waals surface area (Å²) in [6, 6.07) is 6.92. The van der Waals surface area contributed by atoms with E-state index in [4.69, 9.17) is 0 Å². The first kappa shape index (κ1) is 12.4. The number of hydrogen-bond donors (Lipinski definition) is 1. The van der Waals surface area contributed by atoms with Gasteiger partial charge in [-0.05, 0) is 49.1 Å². The van der Waals surface area contributed by atoms with Crippen LogP contribution in [-0.4, -0.2) is 28.2 Å². The van der Waals surface area contributed by atoms with Crippen LogP contribution in [0.1, 0.15) is 29.2 Å². The van der Waals surface area contributed by atoms with Gasteiger partial charge in [0.25, 0.3) is 0 Å². The summed E-state index contributed by atoms with van der Waals surface area (Å²) in [4.78, 5) is 2.43. The van der Waals surface area contributed by atoms with Gasteiger partial charge in [-0.15, -0.1) is 0 Å². The van der Waals surface area contributed by atoms with Gasteiger partial charge in [-0.2, -0.15) is 5.10 Å². The molecule has 1 aliphatic heterocycles. The largest absolute Gasteiger partial charge is 0.297 e. The molecule has 1 aromatic heterocycles. The molecule has 1 fully saturated rings. The van der Waals surface area contributed by atoms with Gasteiger partial charge in [0, 0.05) is 13.1 Å². The third kappa shape index (κ3) is 2.68. The van der Waals surface area contributed by atoms with Crippen LogP contribution < -0.4 is 0 Å². The minimum atomic E-state index is -0.160. The highest BCUT2D eigenvalue weighted by Crippen LogP contribution is 2.28. The van der Waals surface area contributed by atoms with Gasteiger partial charge in [0.2, 0.25) is 0 Å². The van der Waals surface area contributed by atoms with E-state index < -0.39 is 0 Å². The molecule has 2 aromatic rings. The summed E-state index contributed by atoms with van der Waals surface area (Å²) in [7, 11) is 0. The molecule has 1 aliphatic rings. The average molecular weight is 259 g/mol. The summed E-state index contributed by atoms with van der Waals surface area (Å²) in [5, 5.41) is 7.11. The third-order valence-electron chi connectivity index (χ3n) is 3.93. The van der Waals surface area contributed by atoms with Crippen LogP contribution in [0.5, 0.6) is 0 Å². The summed E-state index contributed by atoms with van der Waals surface area (Å²) >= 11 is 0. The maximum atomic E-state index is 12.9. The first-order valence-electron chi connectivity index (χ1n) is 6.69. The van der Waals surface area contributed by atoms with E-state index in [1.807, 2.05) is 18.3 Å². The number of rotatable bonds is 3. The zero-order chi connectivity index (χ0) is 13.2. The molecule has 3 rings (SSSR count). The van der Waals surface area contributed by atoms with Gasteiger partial charge < -0.3 is 0 Å². The second-order valence-corrected chi connectivity index (χ2v) is 5.30. The Morgan fingerprint density at radius 2 is 2.16 bits per heavy atom. The van der Waals surface area contributed by atoms with Crippen molar-refractivity contribution in [3.05, 3.63) is 53.1 Å². The van der Waals surface area contributed by atoms with Gasteiger partial charge in [-0.3, -0.25) is 10.00 Å². The first-order chi connectivity index (χ1) is 9.22. The van der Waals surface area contributed by atoms with E-state index in [0.29, 0.717) is 5.92 Å². The zero-order valence-corrected chi connectivity index (χ0v) is 11.1. The Morgan fingerprint density at radius 3 is 2.84 bits per heavy atom. The van der Waals surface area contributed by atoms with Crippen LogP contribution in [0.3, 0.4) is 0 Å². The standard InChI is InChI=1S/C15H18FN3/c1-11-8-17-18-15(11)10-19-7-6-13(9-19)12-2-4-14(16)5-3-12/h2-5,8,13H,6-7,9-10H2,1H3,(H,17,18). The van der Waals surface area contributed by atoms with Crippen LogP contribution in [0.25, 0.3) is 0 Å². The number of aryl methyl sites for hydroxylation is 1. The lowest BCUT2D eigenvalue weighted by molar-refractivity contribution is 0.322. The van der Waals surface area contributed by atoms with Gasteiger partial charge in [0.1, 0.15) is 5.82 Å². The van der Waals surface area contributed by atoms with Crippen molar-refractivity contribution in [3.8, 4) is 0 Å². The van der Waals surface area contributed by atoms with Crippen molar-refractivity contribution < 1.29 is 4.39 Å². The van der Waals surface area contributed by atoms with Crippen molar-refractivity contribution >= 4 is 0 Å². The Balaban J connectivity index is 1.64. The Bertz CT molecular complexity index is 547. The predicted molar refractivity (Wildman–Crippen MR) is 72.4 cm³/mol. The molecule has 1 atom stereocenters. The van der Waals surface area contributed by atoms with Crippen LogP contribution in [0.4, 0.5) is 4.39 Å². The van der Waals surface area contributed by atoms with E-state index in [9.17, 15) is 4.39 Å². The fourth-order valence-corrected chi connectivity index (χ4v) is 2.74. The Morgan fingerprint density at radius 1 is 1.37 bits per heavy atom. The molecule has 0 radical (unpaired) electrons. The van der Waals surface area contributed by atoms with Crippen LogP contribution in [0.15, 0.2) is 30.5 Å². The number of H-pyrrole nitrogens is 1. The molecule has 1 saturated heterocycles. The number of nitrogens with one attached hydrogen (secondary N) is 1. The molecule has 100 valence electrons. The van der Waals surface area contributed by atoms with E-state index in [1.165, 1.54) is 16.8 Å². The molecule has 1 aromatic carbocycles. The highest BCUT2D eigenvalue weighted by atomic mass is 19.1. The second-order valence-electron chi connectivity index (χ2n) is 5.30. The smallest absolute Gasteiger partial charge is 0.123 e. The van der Waals surface area contributed by atoms with Crippen molar-refractivity contribution in [3.63, 3.8) is 0 Å². The number of likely N-dealkylation sites (tertiary alicyclic amines) is 1. The minimum absolute atomic E-state index is 0.160. The van der Waals surface area contributed by atoms with Crippen molar-refractivity contribution in [1.29, 1.82) is 0 Å². The van der Waals surface area contributed by atoms with E-state index >= 15 is 0 Å². The van der Waals surface area contributed by atoms with E-state index in [0.717, 1.165) is 26.1 Å². The fourth-order valence-electron chi connectivity index (χ4n) is 2.74. The van der Waals surface area contributed by atoms with Gasteiger partial charge in [-0.1, -0.05) is 12.1 Å². The number of halogens is 1. The predicted octanol–water partition coefficient (Wildman–Crippen LogP) is 2.85. The lowest BCUT2D eigenvalue weighted by Crippen LogP contribution is -2.20. The van der Waals surface area contributed by atoms with E-state index in [1.54, 1.807) is 12.1 Å². The molecule has 1 N–H and O–H groups in total. The van der Waals surface area contributed by atoms with Gasteiger partial charge in [0.05, 0.1) is 11.9 Å². The molecule has 19 heavy (non-hydrogen) atoms. The number of aromatic amines is 1. The molecule has 2 heterocycles. The molecule has 0 saturated carbocycles. The molecule has 0 amide bonds. The molecule has 3 nitrogen and oxygen atoms in total. The number of nitrogens with zero attached hydrogens (tertiary/aromatic N) is 2. The minimum Gasteiger partial charge on any atom is -0.297 e. The molecule has 0 bridgehead atoms. The van der Waals surface area contributed by atoms with Crippen LogP contribution in [0.2, 0.25) is 0 Å². The molecule has 4 heteroatoms. The van der Waals surface area contributed by atoms with Crippen molar-refractivity contribution in [2.75, 3.05) is 13.1 Å². The maximum Gasteiger partial charge on any atom is 0.123 e. The van der Waals surface area contributed by atoms with Gasteiger partial charge in [0.15, 0.2) is 0 Å². The lowest BCUT2D eigenvalue weighted by atomic mass is 9.99. The molecular formula is C15H18FN3. The first-order valence-corrected chi connectivity index (χ1v) is 6.69.